The van der Waals surface area contributed by atoms with E-state index in [1.54, 1.807) is 13.1 Å². The Hall–Kier alpha value is -2.70. The van der Waals surface area contributed by atoms with E-state index in [4.69, 9.17) is 0 Å². The molecule has 0 spiro atoms. The van der Waals surface area contributed by atoms with Crippen molar-refractivity contribution in [2.45, 2.75) is 59.9 Å². The maximum atomic E-state index is 12.8. The highest BCUT2D eigenvalue weighted by atomic mass is 16.2. The fraction of sp³-hybridized carbons (Fsp3) is 0.630. The van der Waals surface area contributed by atoms with Gasteiger partial charge >= 0.3 is 0 Å². The van der Waals surface area contributed by atoms with Gasteiger partial charge in [-0.25, -0.2) is 0 Å². The van der Waals surface area contributed by atoms with Gasteiger partial charge in [-0.05, 0) is 62.0 Å². The molecule has 7 heteroatoms. The second kappa shape index (κ2) is 12.1. The Morgan fingerprint density at radius 1 is 1.15 bits per heavy atom. The molecule has 0 unspecified atom stereocenters. The van der Waals surface area contributed by atoms with Gasteiger partial charge in [0.25, 0.3) is 0 Å². The highest BCUT2D eigenvalue weighted by Gasteiger charge is 2.33. The van der Waals surface area contributed by atoms with E-state index < -0.39 is 0 Å². The molecule has 0 aromatic carbocycles. The number of piperidine rings is 1. The van der Waals surface area contributed by atoms with Crippen LogP contribution in [0.1, 0.15) is 59.1 Å². The summed E-state index contributed by atoms with van der Waals surface area (Å²) in [5.74, 6) is 1.59. The molecule has 7 nitrogen and oxygen atoms in total. The van der Waals surface area contributed by atoms with Crippen LogP contribution in [0.15, 0.2) is 36.0 Å². The van der Waals surface area contributed by atoms with Gasteiger partial charge in [0.1, 0.15) is 0 Å². The number of hydrogen-bond donors (Lipinski definition) is 2. The van der Waals surface area contributed by atoms with Gasteiger partial charge < -0.3 is 15.5 Å². The van der Waals surface area contributed by atoms with Crippen molar-refractivity contribution in [2.24, 2.45) is 29.6 Å². The zero-order valence-corrected chi connectivity index (χ0v) is 21.0. The molecule has 3 amide bonds. The maximum Gasteiger partial charge on any atom is 0.223 e. The van der Waals surface area contributed by atoms with Gasteiger partial charge in [-0.15, -0.1) is 0 Å². The molecule has 1 saturated heterocycles. The van der Waals surface area contributed by atoms with Crippen LogP contribution in [0.2, 0.25) is 0 Å². The molecule has 0 bridgehead atoms. The quantitative estimate of drug-likeness (QED) is 0.573. The summed E-state index contributed by atoms with van der Waals surface area (Å²) >= 11 is 0. The smallest absolute Gasteiger partial charge is 0.223 e. The molecule has 34 heavy (non-hydrogen) atoms. The SMILES string of the molecule is CC(=O)N1CCC(C(=O)NC[C@@H]2C=C(C)[C@H](CC(=O)NCc3ccccn3)C[C@H]2C(C)C)CC1. The molecular weight excluding hydrogens is 428 g/mol. The average Bonchev–Trinajstić information content (AvgIpc) is 2.83. The lowest BCUT2D eigenvalue weighted by Gasteiger charge is -2.37. The fourth-order valence-corrected chi connectivity index (χ4v) is 5.31. The van der Waals surface area contributed by atoms with Crippen LogP contribution in [0, 0.1) is 29.6 Å². The van der Waals surface area contributed by atoms with Crippen molar-refractivity contribution < 1.29 is 14.4 Å². The van der Waals surface area contributed by atoms with E-state index in [0.29, 0.717) is 44.4 Å². The highest BCUT2D eigenvalue weighted by molar-refractivity contribution is 5.79. The molecule has 1 aromatic rings. The third kappa shape index (κ3) is 7.15. The predicted molar refractivity (Wildman–Crippen MR) is 132 cm³/mol. The first-order valence-corrected chi connectivity index (χ1v) is 12.6. The predicted octanol–water partition coefficient (Wildman–Crippen LogP) is 3.32. The van der Waals surface area contributed by atoms with Crippen molar-refractivity contribution in [1.29, 1.82) is 0 Å². The molecule has 2 aliphatic rings. The van der Waals surface area contributed by atoms with E-state index in [1.807, 2.05) is 23.1 Å². The second-order valence-electron chi connectivity index (χ2n) is 10.2. The summed E-state index contributed by atoms with van der Waals surface area (Å²) in [4.78, 5) is 43.0. The number of nitrogens with one attached hydrogen (secondary N) is 2. The standard InChI is InChI=1S/C27H40N4O3/c1-18(2)25-14-22(15-26(33)29-17-24-7-5-6-10-28-24)19(3)13-23(25)16-30-27(34)21-8-11-31(12-9-21)20(4)32/h5-7,10,13,18,21-23,25H,8-9,11-12,14-17H2,1-4H3,(H,29,33)(H,30,34)/t22-,23-,25-/m0/s1. The molecule has 1 aromatic heterocycles. The van der Waals surface area contributed by atoms with Gasteiger partial charge in [0, 0.05) is 45.1 Å². The Bertz CT molecular complexity index is 875. The van der Waals surface area contributed by atoms with Crippen molar-refractivity contribution in [3.8, 4) is 0 Å². The molecule has 2 heterocycles. The summed E-state index contributed by atoms with van der Waals surface area (Å²) in [6.45, 7) is 10.5. The van der Waals surface area contributed by atoms with Gasteiger partial charge in [0.15, 0.2) is 0 Å². The van der Waals surface area contributed by atoms with Crippen LogP contribution in [0.3, 0.4) is 0 Å². The van der Waals surface area contributed by atoms with E-state index in [0.717, 1.165) is 25.0 Å². The van der Waals surface area contributed by atoms with E-state index >= 15 is 0 Å². The molecular formula is C27H40N4O3. The number of amides is 3. The Labute approximate surface area is 203 Å². The first-order valence-electron chi connectivity index (χ1n) is 12.6. The van der Waals surface area contributed by atoms with E-state index in [1.165, 1.54) is 5.57 Å². The lowest BCUT2D eigenvalue weighted by Crippen LogP contribution is -2.44. The molecule has 3 atom stereocenters. The number of carbonyl (C=O) groups is 3. The first-order chi connectivity index (χ1) is 16.2. The summed E-state index contributed by atoms with van der Waals surface area (Å²) in [6, 6.07) is 5.69. The molecule has 0 radical (unpaired) electrons. The number of nitrogens with zero attached hydrogens (tertiary/aromatic N) is 2. The van der Waals surface area contributed by atoms with Crippen LogP contribution in [0.25, 0.3) is 0 Å². The molecule has 0 saturated carbocycles. The van der Waals surface area contributed by atoms with Crippen molar-refractivity contribution in [3.05, 3.63) is 41.7 Å². The normalized spacial score (nSPS) is 23.4. The Kier molecular flexibility index (Phi) is 9.25. The molecule has 1 aliphatic carbocycles. The number of likely N-dealkylation sites (tertiary alicyclic amines) is 1. The number of aromatic nitrogens is 1. The van der Waals surface area contributed by atoms with Crippen LogP contribution in [0.4, 0.5) is 0 Å². The average molecular weight is 469 g/mol. The fourth-order valence-electron chi connectivity index (χ4n) is 5.31. The van der Waals surface area contributed by atoms with E-state index in [9.17, 15) is 14.4 Å². The molecule has 3 rings (SSSR count). The first kappa shape index (κ1) is 25.9. The topological polar surface area (TPSA) is 91.4 Å². The number of allylic oxidation sites excluding steroid dienone is 1. The lowest BCUT2D eigenvalue weighted by atomic mass is 9.69. The van der Waals surface area contributed by atoms with Gasteiger partial charge in [-0.2, -0.15) is 0 Å². The van der Waals surface area contributed by atoms with Crippen molar-refractivity contribution >= 4 is 17.7 Å². The number of carbonyl (C=O) groups excluding carboxylic acids is 3. The summed E-state index contributed by atoms with van der Waals surface area (Å²) in [5.41, 5.74) is 2.09. The Morgan fingerprint density at radius 3 is 2.50 bits per heavy atom. The van der Waals surface area contributed by atoms with Crippen LogP contribution < -0.4 is 10.6 Å². The third-order valence-electron chi connectivity index (χ3n) is 7.53. The molecule has 1 aliphatic heterocycles. The monoisotopic (exact) mass is 468 g/mol. The molecule has 186 valence electrons. The Balaban J connectivity index is 1.52. The summed E-state index contributed by atoms with van der Waals surface area (Å²) in [5, 5.41) is 6.19. The zero-order chi connectivity index (χ0) is 24.7. The van der Waals surface area contributed by atoms with Gasteiger partial charge in [-0.3, -0.25) is 19.4 Å². The minimum atomic E-state index is -0.0164. The zero-order valence-electron chi connectivity index (χ0n) is 21.0. The van der Waals surface area contributed by atoms with Crippen molar-refractivity contribution in [1.82, 2.24) is 20.5 Å². The highest BCUT2D eigenvalue weighted by Crippen LogP contribution is 2.38. The van der Waals surface area contributed by atoms with E-state index in [-0.39, 0.29) is 35.5 Å². The van der Waals surface area contributed by atoms with E-state index in [2.05, 4.69) is 42.5 Å². The number of pyridine rings is 1. The summed E-state index contributed by atoms with van der Waals surface area (Å²) < 4.78 is 0. The summed E-state index contributed by atoms with van der Waals surface area (Å²) in [6.07, 6.45) is 6.91. The molecule has 1 fully saturated rings. The number of hydrogen-bond acceptors (Lipinski definition) is 4. The maximum absolute atomic E-state index is 12.8. The minimum Gasteiger partial charge on any atom is -0.355 e. The van der Waals surface area contributed by atoms with Crippen molar-refractivity contribution in [2.75, 3.05) is 19.6 Å². The largest absolute Gasteiger partial charge is 0.355 e. The van der Waals surface area contributed by atoms with Crippen LogP contribution in [-0.4, -0.2) is 47.2 Å². The minimum absolute atomic E-state index is 0.0164. The van der Waals surface area contributed by atoms with Crippen LogP contribution >= 0.6 is 0 Å². The number of rotatable bonds is 8. The van der Waals surface area contributed by atoms with Gasteiger partial charge in [-0.1, -0.05) is 31.6 Å². The van der Waals surface area contributed by atoms with Gasteiger partial charge in [0.05, 0.1) is 12.2 Å². The van der Waals surface area contributed by atoms with Gasteiger partial charge in [0.2, 0.25) is 17.7 Å². The van der Waals surface area contributed by atoms with Crippen LogP contribution in [-0.2, 0) is 20.9 Å². The Morgan fingerprint density at radius 2 is 1.88 bits per heavy atom. The third-order valence-corrected chi connectivity index (χ3v) is 7.53. The van der Waals surface area contributed by atoms with Crippen molar-refractivity contribution in [3.63, 3.8) is 0 Å². The lowest BCUT2D eigenvalue weighted by molar-refractivity contribution is -0.134. The van der Waals surface area contributed by atoms with Crippen LogP contribution in [0.5, 0.6) is 0 Å². The summed E-state index contributed by atoms with van der Waals surface area (Å²) in [7, 11) is 0. The second-order valence-corrected chi connectivity index (χ2v) is 10.2. The molecule has 2 N–H and O–H groups in total.